The number of allylic oxidation sites excluding steroid dienone is 1. The summed E-state index contributed by atoms with van der Waals surface area (Å²) in [7, 11) is 6.60. The summed E-state index contributed by atoms with van der Waals surface area (Å²) < 4.78 is 4.48. The summed E-state index contributed by atoms with van der Waals surface area (Å²) in [6.45, 7) is 0. The molecule has 0 amide bonds. The fourth-order valence-corrected chi connectivity index (χ4v) is 4.61. The standard InChI is InChI=1S/C20H27N3/c1-21-10-4-6-19(21)18(20-7-5-11-22(20)2)14-15-12-16-8-9-17(13-15)23(16)3/h4-7,10-11,14-17H,8-9,12-13H2,1-3H3. The van der Waals surface area contributed by atoms with E-state index in [-0.39, 0.29) is 0 Å². The lowest BCUT2D eigenvalue weighted by molar-refractivity contribution is 0.152. The van der Waals surface area contributed by atoms with Gasteiger partial charge in [-0.25, -0.2) is 0 Å². The number of hydrogen-bond acceptors (Lipinski definition) is 1. The highest BCUT2D eigenvalue weighted by molar-refractivity contribution is 5.77. The van der Waals surface area contributed by atoms with Crippen LogP contribution in [0.1, 0.15) is 37.1 Å². The molecule has 2 bridgehead atoms. The molecule has 2 unspecified atom stereocenters. The van der Waals surface area contributed by atoms with Gasteiger partial charge in [-0.2, -0.15) is 0 Å². The number of rotatable bonds is 3. The molecule has 2 aromatic heterocycles. The van der Waals surface area contributed by atoms with Gasteiger partial charge >= 0.3 is 0 Å². The van der Waals surface area contributed by atoms with Crippen LogP contribution in [0.15, 0.2) is 42.7 Å². The van der Waals surface area contributed by atoms with Crippen molar-refractivity contribution in [2.75, 3.05) is 7.05 Å². The molecule has 3 heteroatoms. The molecule has 122 valence electrons. The van der Waals surface area contributed by atoms with E-state index < -0.39 is 0 Å². The highest BCUT2D eigenvalue weighted by Gasteiger charge is 2.37. The number of hydrogen-bond donors (Lipinski definition) is 0. The summed E-state index contributed by atoms with van der Waals surface area (Å²) in [5.41, 5.74) is 4.02. The fourth-order valence-electron chi connectivity index (χ4n) is 4.61. The molecule has 0 N–H and O–H groups in total. The third kappa shape index (κ3) is 2.57. The van der Waals surface area contributed by atoms with Crippen molar-refractivity contribution in [3.8, 4) is 0 Å². The van der Waals surface area contributed by atoms with Crippen molar-refractivity contribution in [1.82, 2.24) is 14.0 Å². The highest BCUT2D eigenvalue weighted by atomic mass is 15.2. The molecule has 2 saturated heterocycles. The van der Waals surface area contributed by atoms with E-state index in [0.29, 0.717) is 5.92 Å². The molecule has 0 saturated carbocycles. The van der Waals surface area contributed by atoms with Gasteiger partial charge in [0.1, 0.15) is 0 Å². The molecule has 2 aromatic rings. The molecule has 2 fully saturated rings. The number of aryl methyl sites for hydroxylation is 2. The Labute approximate surface area is 139 Å². The van der Waals surface area contributed by atoms with Crippen molar-refractivity contribution < 1.29 is 0 Å². The first kappa shape index (κ1) is 14.8. The minimum atomic E-state index is 0.698. The monoisotopic (exact) mass is 309 g/mol. The SMILES string of the molecule is CN1C2CCC1CC(C=C(c1cccn1C)c1cccn1C)C2. The van der Waals surface area contributed by atoms with E-state index in [1.165, 1.54) is 42.6 Å². The number of piperidine rings is 1. The first-order valence-electron chi connectivity index (χ1n) is 8.80. The van der Waals surface area contributed by atoms with Crippen LogP contribution in [0.3, 0.4) is 0 Å². The molecule has 4 rings (SSSR count). The van der Waals surface area contributed by atoms with Crippen LogP contribution in [0.2, 0.25) is 0 Å². The molecule has 2 aliphatic heterocycles. The maximum atomic E-state index is 2.62. The van der Waals surface area contributed by atoms with Crippen LogP contribution in [-0.2, 0) is 14.1 Å². The Morgan fingerprint density at radius 3 is 1.87 bits per heavy atom. The Hall–Kier alpha value is -1.74. The Balaban J connectivity index is 1.71. The summed E-state index contributed by atoms with van der Waals surface area (Å²) >= 11 is 0. The smallest absolute Gasteiger partial charge is 0.0495 e. The van der Waals surface area contributed by atoms with Gasteiger partial charge in [0.25, 0.3) is 0 Å². The van der Waals surface area contributed by atoms with Crippen molar-refractivity contribution in [2.45, 2.75) is 37.8 Å². The second-order valence-corrected chi connectivity index (χ2v) is 7.37. The maximum Gasteiger partial charge on any atom is 0.0495 e. The highest BCUT2D eigenvalue weighted by Crippen LogP contribution is 2.39. The van der Waals surface area contributed by atoms with E-state index in [0.717, 1.165) is 12.1 Å². The van der Waals surface area contributed by atoms with Gasteiger partial charge in [0.15, 0.2) is 0 Å². The van der Waals surface area contributed by atoms with E-state index in [9.17, 15) is 0 Å². The molecule has 0 radical (unpaired) electrons. The molecule has 0 aromatic carbocycles. The third-order valence-corrected chi connectivity index (χ3v) is 5.98. The second kappa shape index (κ2) is 5.72. The number of nitrogens with zero attached hydrogens (tertiary/aromatic N) is 3. The minimum absolute atomic E-state index is 0.698. The van der Waals surface area contributed by atoms with Gasteiger partial charge in [0.05, 0.1) is 0 Å². The van der Waals surface area contributed by atoms with Gasteiger partial charge < -0.3 is 14.0 Å². The molecule has 0 spiro atoms. The van der Waals surface area contributed by atoms with Gasteiger partial charge in [-0.05, 0) is 62.9 Å². The molecule has 4 heterocycles. The van der Waals surface area contributed by atoms with E-state index in [1.54, 1.807) is 0 Å². The van der Waals surface area contributed by atoms with Crippen LogP contribution in [0.25, 0.3) is 5.57 Å². The number of aromatic nitrogens is 2. The zero-order valence-electron chi connectivity index (χ0n) is 14.4. The predicted octanol–water partition coefficient (Wildman–Crippen LogP) is 3.67. The Morgan fingerprint density at radius 2 is 1.43 bits per heavy atom. The summed E-state index contributed by atoms with van der Waals surface area (Å²) in [5.74, 6) is 0.698. The summed E-state index contributed by atoms with van der Waals surface area (Å²) in [6, 6.07) is 10.3. The van der Waals surface area contributed by atoms with E-state index in [1.807, 2.05) is 0 Å². The van der Waals surface area contributed by atoms with Crippen molar-refractivity contribution >= 4 is 5.57 Å². The zero-order chi connectivity index (χ0) is 16.0. The molecular weight excluding hydrogens is 282 g/mol. The fraction of sp³-hybridized carbons (Fsp3) is 0.500. The predicted molar refractivity (Wildman–Crippen MR) is 95.2 cm³/mol. The van der Waals surface area contributed by atoms with Crippen LogP contribution < -0.4 is 0 Å². The van der Waals surface area contributed by atoms with Gasteiger partial charge in [-0.3, -0.25) is 0 Å². The first-order chi connectivity index (χ1) is 11.1. The van der Waals surface area contributed by atoms with Gasteiger partial charge in [-0.15, -0.1) is 0 Å². The van der Waals surface area contributed by atoms with Crippen LogP contribution >= 0.6 is 0 Å². The molecule has 2 aliphatic rings. The average molecular weight is 309 g/mol. The van der Waals surface area contributed by atoms with E-state index >= 15 is 0 Å². The maximum absolute atomic E-state index is 2.62. The minimum Gasteiger partial charge on any atom is -0.351 e. The zero-order valence-corrected chi connectivity index (χ0v) is 14.4. The summed E-state index contributed by atoms with van der Waals surface area (Å²) in [4.78, 5) is 2.62. The molecule has 23 heavy (non-hydrogen) atoms. The largest absolute Gasteiger partial charge is 0.351 e. The molecule has 3 nitrogen and oxygen atoms in total. The lowest BCUT2D eigenvalue weighted by atomic mass is 9.88. The molecule has 0 aliphatic carbocycles. The Bertz CT molecular complexity index is 665. The van der Waals surface area contributed by atoms with Crippen molar-refractivity contribution in [3.63, 3.8) is 0 Å². The van der Waals surface area contributed by atoms with Gasteiger partial charge in [0.2, 0.25) is 0 Å². The third-order valence-electron chi connectivity index (χ3n) is 5.98. The normalized spacial score (nSPS) is 27.3. The Kier molecular flexibility index (Phi) is 3.68. The quantitative estimate of drug-likeness (QED) is 0.843. The van der Waals surface area contributed by atoms with Crippen LogP contribution in [0.4, 0.5) is 0 Å². The second-order valence-electron chi connectivity index (χ2n) is 7.37. The van der Waals surface area contributed by atoms with Crippen LogP contribution in [-0.4, -0.2) is 33.2 Å². The van der Waals surface area contributed by atoms with Crippen molar-refractivity contribution in [3.05, 3.63) is 54.1 Å². The average Bonchev–Trinajstić information content (AvgIpc) is 3.17. The first-order valence-corrected chi connectivity index (χ1v) is 8.80. The number of fused-ring (bicyclic) bond motifs is 2. The lowest BCUT2D eigenvalue weighted by Crippen LogP contribution is -2.39. The molecule has 2 atom stereocenters. The van der Waals surface area contributed by atoms with Crippen LogP contribution in [0, 0.1) is 5.92 Å². The lowest BCUT2D eigenvalue weighted by Gasteiger charge is -2.35. The van der Waals surface area contributed by atoms with Crippen molar-refractivity contribution in [1.29, 1.82) is 0 Å². The Morgan fingerprint density at radius 1 is 0.913 bits per heavy atom. The summed E-state index contributed by atoms with van der Waals surface area (Å²) in [6.07, 6.45) is 12.2. The van der Waals surface area contributed by atoms with Gasteiger partial charge in [0, 0.05) is 55.5 Å². The summed E-state index contributed by atoms with van der Waals surface area (Å²) in [5, 5.41) is 0. The van der Waals surface area contributed by atoms with Crippen LogP contribution in [0.5, 0.6) is 0 Å². The van der Waals surface area contributed by atoms with E-state index in [2.05, 4.69) is 77.9 Å². The topological polar surface area (TPSA) is 13.1 Å². The van der Waals surface area contributed by atoms with E-state index in [4.69, 9.17) is 0 Å². The van der Waals surface area contributed by atoms with Crippen molar-refractivity contribution in [2.24, 2.45) is 20.0 Å². The van der Waals surface area contributed by atoms with Gasteiger partial charge in [-0.1, -0.05) is 6.08 Å². The molecular formula is C20H27N3.